The molecule has 2 saturated heterocycles. The highest BCUT2D eigenvalue weighted by atomic mass is 19.1. The molecule has 1 aromatic carbocycles. The molecule has 0 bridgehead atoms. The molecule has 0 aliphatic carbocycles. The average molecular weight is 429 g/mol. The number of hydrogen-bond donors (Lipinski definition) is 2. The summed E-state index contributed by atoms with van der Waals surface area (Å²) in [6.07, 6.45) is -0.540. The first-order valence-corrected chi connectivity index (χ1v) is 10.6. The van der Waals surface area contributed by atoms with Crippen molar-refractivity contribution in [1.29, 1.82) is 0 Å². The maximum atomic E-state index is 14.2. The Morgan fingerprint density at radius 1 is 1.23 bits per heavy atom. The maximum Gasteiger partial charge on any atom is 0.416 e. The highest BCUT2D eigenvalue weighted by molar-refractivity contribution is 5.90. The second kappa shape index (κ2) is 8.76. The van der Waals surface area contributed by atoms with Crippen molar-refractivity contribution in [2.75, 3.05) is 43.0 Å². The third-order valence-corrected chi connectivity index (χ3v) is 5.69. The minimum absolute atomic E-state index is 0.128. The van der Waals surface area contributed by atoms with Crippen LogP contribution in [-0.4, -0.2) is 59.3 Å². The van der Waals surface area contributed by atoms with E-state index in [0.29, 0.717) is 0 Å². The molecule has 0 saturated carbocycles. The van der Waals surface area contributed by atoms with Crippen molar-refractivity contribution in [2.24, 2.45) is 0 Å². The van der Waals surface area contributed by atoms with Crippen LogP contribution < -0.4 is 15.5 Å². The Morgan fingerprint density at radius 3 is 2.58 bits per heavy atom. The lowest BCUT2D eigenvalue weighted by Crippen LogP contribution is -2.42. The minimum atomic E-state index is -0.707. The van der Waals surface area contributed by atoms with Crippen LogP contribution >= 0.6 is 0 Å². The molecule has 9 heteroatoms. The van der Waals surface area contributed by atoms with Gasteiger partial charge in [-0.25, -0.2) is 4.79 Å². The van der Waals surface area contributed by atoms with Gasteiger partial charge in [0.15, 0.2) is 0 Å². The fraction of sp³-hybridized carbons (Fsp3) is 0.500. The number of carbonyl (C=O) groups is 1. The van der Waals surface area contributed by atoms with Crippen molar-refractivity contribution >= 4 is 17.9 Å². The van der Waals surface area contributed by atoms with Gasteiger partial charge in [0.1, 0.15) is 12.4 Å². The Bertz CT molecular complexity index is 930. The Morgan fingerprint density at radius 2 is 1.94 bits per heavy atom. The summed E-state index contributed by atoms with van der Waals surface area (Å²) >= 11 is 0. The van der Waals surface area contributed by atoms with E-state index in [0.717, 1.165) is 44.4 Å². The number of halogens is 1. The molecule has 2 fully saturated rings. The first-order chi connectivity index (χ1) is 14.8. The number of anilines is 2. The molecule has 31 heavy (non-hydrogen) atoms. The molecule has 8 nitrogen and oxygen atoms in total. The Labute approximate surface area is 181 Å². The SMILES string of the molecule is C[C@H](Nc1nc(F)cc(N2C(=O)OCC2(C)C)n1)c1ccc(CN2CCNCC2)cc1. The van der Waals surface area contributed by atoms with Gasteiger partial charge in [0.05, 0.1) is 11.6 Å². The lowest BCUT2D eigenvalue weighted by molar-refractivity contribution is 0.175. The van der Waals surface area contributed by atoms with Crippen LogP contribution in [0.1, 0.15) is 37.9 Å². The van der Waals surface area contributed by atoms with E-state index in [4.69, 9.17) is 4.74 Å². The number of hydrogen-bond acceptors (Lipinski definition) is 7. The molecule has 2 N–H and O–H groups in total. The molecular weight excluding hydrogens is 399 g/mol. The van der Waals surface area contributed by atoms with E-state index < -0.39 is 17.6 Å². The second-order valence-electron chi connectivity index (χ2n) is 8.71. The molecule has 1 aromatic heterocycles. The van der Waals surface area contributed by atoms with Gasteiger partial charge in [0, 0.05) is 38.8 Å². The molecule has 1 atom stereocenters. The van der Waals surface area contributed by atoms with E-state index >= 15 is 0 Å². The van der Waals surface area contributed by atoms with Gasteiger partial charge in [-0.3, -0.25) is 9.80 Å². The molecule has 2 aliphatic rings. The number of benzene rings is 1. The number of amides is 1. The zero-order valence-electron chi connectivity index (χ0n) is 18.2. The van der Waals surface area contributed by atoms with Gasteiger partial charge in [-0.05, 0) is 31.9 Å². The molecular formula is C22H29FN6O2. The predicted molar refractivity (Wildman–Crippen MR) is 117 cm³/mol. The summed E-state index contributed by atoms with van der Waals surface area (Å²) in [5, 5.41) is 6.51. The molecule has 0 spiro atoms. The van der Waals surface area contributed by atoms with Gasteiger partial charge in [-0.1, -0.05) is 24.3 Å². The zero-order valence-corrected chi connectivity index (χ0v) is 18.2. The van der Waals surface area contributed by atoms with Gasteiger partial charge in [0.25, 0.3) is 0 Å². The van der Waals surface area contributed by atoms with Crippen molar-refractivity contribution in [3.8, 4) is 0 Å². The smallest absolute Gasteiger partial charge is 0.416 e. The molecule has 1 amide bonds. The van der Waals surface area contributed by atoms with Gasteiger partial charge in [-0.2, -0.15) is 14.4 Å². The second-order valence-corrected chi connectivity index (χ2v) is 8.71. The van der Waals surface area contributed by atoms with Crippen molar-refractivity contribution in [3.05, 3.63) is 47.4 Å². The monoisotopic (exact) mass is 428 g/mol. The largest absolute Gasteiger partial charge is 0.447 e. The topological polar surface area (TPSA) is 82.6 Å². The van der Waals surface area contributed by atoms with Gasteiger partial charge >= 0.3 is 6.09 Å². The summed E-state index contributed by atoms with van der Waals surface area (Å²) in [5.74, 6) is -0.398. The normalized spacial score (nSPS) is 19.9. The lowest BCUT2D eigenvalue weighted by atomic mass is 10.1. The molecule has 2 aliphatic heterocycles. The molecule has 4 rings (SSSR count). The fourth-order valence-corrected chi connectivity index (χ4v) is 3.92. The number of piperazine rings is 1. The third kappa shape index (κ3) is 4.94. The number of cyclic esters (lactones) is 1. The molecule has 166 valence electrons. The number of ether oxygens (including phenoxy) is 1. The Balaban J connectivity index is 1.45. The van der Waals surface area contributed by atoms with Gasteiger partial charge in [-0.15, -0.1) is 0 Å². The van der Waals surface area contributed by atoms with Crippen molar-refractivity contribution in [2.45, 2.75) is 38.9 Å². The third-order valence-electron chi connectivity index (χ3n) is 5.69. The first kappa shape index (κ1) is 21.5. The van der Waals surface area contributed by atoms with Crippen LogP contribution in [0, 0.1) is 5.95 Å². The summed E-state index contributed by atoms with van der Waals surface area (Å²) in [4.78, 5) is 24.1. The average Bonchev–Trinajstić information content (AvgIpc) is 3.01. The highest BCUT2D eigenvalue weighted by Gasteiger charge is 2.42. The number of rotatable bonds is 6. The zero-order chi connectivity index (χ0) is 22.0. The number of nitrogens with one attached hydrogen (secondary N) is 2. The van der Waals surface area contributed by atoms with Crippen LogP contribution in [-0.2, 0) is 11.3 Å². The Kier molecular flexibility index (Phi) is 6.06. The van der Waals surface area contributed by atoms with Gasteiger partial charge < -0.3 is 15.4 Å². The summed E-state index contributed by atoms with van der Waals surface area (Å²) in [6, 6.07) is 9.38. The van der Waals surface area contributed by atoms with E-state index in [9.17, 15) is 9.18 Å². The number of carbonyl (C=O) groups excluding carboxylic acids is 1. The molecule has 0 unspecified atom stereocenters. The van der Waals surface area contributed by atoms with E-state index in [1.54, 1.807) is 0 Å². The van der Waals surface area contributed by atoms with Crippen LogP contribution in [0.4, 0.5) is 21.0 Å². The van der Waals surface area contributed by atoms with E-state index in [1.807, 2.05) is 20.8 Å². The van der Waals surface area contributed by atoms with E-state index in [2.05, 4.69) is 49.8 Å². The van der Waals surface area contributed by atoms with Crippen LogP contribution in [0.3, 0.4) is 0 Å². The lowest BCUT2D eigenvalue weighted by Gasteiger charge is -2.27. The van der Waals surface area contributed by atoms with Crippen LogP contribution in [0.15, 0.2) is 30.3 Å². The highest BCUT2D eigenvalue weighted by Crippen LogP contribution is 2.30. The van der Waals surface area contributed by atoms with Crippen molar-refractivity contribution in [3.63, 3.8) is 0 Å². The summed E-state index contributed by atoms with van der Waals surface area (Å²) in [6.45, 7) is 11.0. The summed E-state index contributed by atoms with van der Waals surface area (Å²) < 4.78 is 19.3. The van der Waals surface area contributed by atoms with Gasteiger partial charge in [0.2, 0.25) is 11.9 Å². The van der Waals surface area contributed by atoms with Crippen molar-refractivity contribution < 1.29 is 13.9 Å². The van der Waals surface area contributed by atoms with Crippen LogP contribution in [0.25, 0.3) is 0 Å². The summed E-state index contributed by atoms with van der Waals surface area (Å²) in [7, 11) is 0. The molecule has 0 radical (unpaired) electrons. The maximum absolute atomic E-state index is 14.2. The quantitative estimate of drug-likeness (QED) is 0.685. The van der Waals surface area contributed by atoms with Crippen LogP contribution in [0.2, 0.25) is 0 Å². The van der Waals surface area contributed by atoms with Crippen LogP contribution in [0.5, 0.6) is 0 Å². The fourth-order valence-electron chi connectivity index (χ4n) is 3.92. The standard InChI is InChI=1S/C22H29FN6O2/c1-15(17-6-4-16(5-7-17)13-28-10-8-24-9-11-28)25-20-26-18(23)12-19(27-20)29-21(30)31-14-22(29,2)3/h4-7,12,15,24H,8-11,13-14H2,1-3H3,(H,25,26,27)/t15-/m0/s1. The predicted octanol–water partition coefficient (Wildman–Crippen LogP) is 2.93. The van der Waals surface area contributed by atoms with E-state index in [1.165, 1.54) is 10.5 Å². The Hall–Kier alpha value is -2.78. The number of aromatic nitrogens is 2. The van der Waals surface area contributed by atoms with Crippen molar-refractivity contribution in [1.82, 2.24) is 20.2 Å². The number of nitrogens with zero attached hydrogens (tertiary/aromatic N) is 4. The van der Waals surface area contributed by atoms with E-state index in [-0.39, 0.29) is 24.4 Å². The molecule has 2 aromatic rings. The molecule has 3 heterocycles. The summed E-state index contributed by atoms with van der Waals surface area (Å²) in [5.41, 5.74) is 1.69. The minimum Gasteiger partial charge on any atom is -0.447 e. The first-order valence-electron chi connectivity index (χ1n) is 10.6.